The summed E-state index contributed by atoms with van der Waals surface area (Å²) in [5, 5.41) is 10.8. The minimum absolute atomic E-state index is 0.0330. The van der Waals surface area contributed by atoms with Crippen molar-refractivity contribution in [2.45, 2.75) is 131 Å². The molecule has 0 bridgehead atoms. The number of aliphatic hydroxyl groups is 1. The topological polar surface area (TPSA) is 29.5 Å². The number of hydrogen-bond acceptors (Lipinski definition) is 2. The van der Waals surface area contributed by atoms with E-state index in [0.717, 1.165) is 24.9 Å². The van der Waals surface area contributed by atoms with Crippen molar-refractivity contribution in [3.05, 3.63) is 11.1 Å². The molecule has 4 aliphatic carbocycles. The summed E-state index contributed by atoms with van der Waals surface area (Å²) in [5.74, 6) is 2.14. The molecule has 1 spiro atoms. The Kier molecular flexibility index (Phi) is 5.36. The van der Waals surface area contributed by atoms with Crippen LogP contribution in [0, 0.1) is 39.4 Å². The second-order valence-electron chi connectivity index (χ2n) is 14.3. The molecule has 1 heterocycles. The molecular weight excluding hydrogens is 392 g/mol. The van der Waals surface area contributed by atoms with Crippen molar-refractivity contribution in [1.82, 2.24) is 0 Å². The van der Waals surface area contributed by atoms with Crippen LogP contribution in [-0.4, -0.2) is 23.4 Å². The molecule has 1 aliphatic heterocycles. The van der Waals surface area contributed by atoms with Crippen LogP contribution in [-0.2, 0) is 4.74 Å². The van der Waals surface area contributed by atoms with Gasteiger partial charge in [-0.25, -0.2) is 0 Å². The van der Waals surface area contributed by atoms with Gasteiger partial charge in [0.05, 0.1) is 18.3 Å². The second kappa shape index (κ2) is 7.33. The predicted octanol–water partition coefficient (Wildman–Crippen LogP) is 7.69. The average Bonchev–Trinajstić information content (AvgIpc) is 3.18. The normalized spacial score (nSPS) is 49.6. The van der Waals surface area contributed by atoms with Crippen LogP contribution in [0.15, 0.2) is 11.1 Å². The van der Waals surface area contributed by atoms with Crippen LogP contribution in [0.1, 0.15) is 119 Å². The highest BCUT2D eigenvalue weighted by atomic mass is 16.5. The molecule has 0 amide bonds. The van der Waals surface area contributed by atoms with Gasteiger partial charge < -0.3 is 9.84 Å². The first-order chi connectivity index (χ1) is 14.9. The molecule has 2 nitrogen and oxygen atoms in total. The summed E-state index contributed by atoms with van der Waals surface area (Å²) in [7, 11) is 0. The van der Waals surface area contributed by atoms with Gasteiger partial charge in [-0.15, -0.1) is 0 Å². The molecule has 1 saturated heterocycles. The van der Waals surface area contributed by atoms with E-state index in [1.54, 1.807) is 0 Å². The minimum atomic E-state index is -0.140. The standard InChI is InChI=1S/C30H50O2/c1-20(2)9-8-15-29(7)24-13-17-28(6)22-10-11-23-26(3,4)25(31)14-16-27(23,5)21(22)12-18-30(24,28)19-32-29/h20,23-25,31H,8-19H2,1-7H3/t23-,24+,25-,27+,28-,29-,30-/m0/s1. The van der Waals surface area contributed by atoms with Crippen LogP contribution < -0.4 is 0 Å². The quantitative estimate of drug-likeness (QED) is 0.452. The molecule has 0 aromatic rings. The van der Waals surface area contributed by atoms with Gasteiger partial charge in [-0.2, -0.15) is 0 Å². The van der Waals surface area contributed by atoms with Crippen molar-refractivity contribution >= 4 is 0 Å². The number of hydrogen-bond donors (Lipinski definition) is 1. The lowest BCUT2D eigenvalue weighted by atomic mass is 9.43. The van der Waals surface area contributed by atoms with Crippen molar-refractivity contribution in [1.29, 1.82) is 0 Å². The third-order valence-corrected chi connectivity index (χ3v) is 12.2. The van der Waals surface area contributed by atoms with Gasteiger partial charge in [0.25, 0.3) is 0 Å². The summed E-state index contributed by atoms with van der Waals surface area (Å²) in [6.07, 6.45) is 13.8. The van der Waals surface area contributed by atoms with Gasteiger partial charge in [0.1, 0.15) is 0 Å². The number of rotatable bonds is 4. The van der Waals surface area contributed by atoms with Crippen molar-refractivity contribution in [3.63, 3.8) is 0 Å². The molecular formula is C30H50O2. The van der Waals surface area contributed by atoms with Crippen LogP contribution in [0.4, 0.5) is 0 Å². The van der Waals surface area contributed by atoms with Crippen molar-refractivity contribution in [2.75, 3.05) is 6.61 Å². The molecule has 3 fully saturated rings. The molecule has 5 aliphatic rings. The maximum absolute atomic E-state index is 10.8. The van der Waals surface area contributed by atoms with E-state index in [9.17, 15) is 5.11 Å². The summed E-state index contributed by atoms with van der Waals surface area (Å²) in [4.78, 5) is 0. The summed E-state index contributed by atoms with van der Waals surface area (Å²) in [6.45, 7) is 18.1. The molecule has 1 N–H and O–H groups in total. The van der Waals surface area contributed by atoms with E-state index in [1.165, 1.54) is 64.2 Å². The first kappa shape index (κ1) is 23.4. The van der Waals surface area contributed by atoms with Crippen molar-refractivity contribution < 1.29 is 9.84 Å². The Morgan fingerprint density at radius 1 is 0.906 bits per heavy atom. The predicted molar refractivity (Wildman–Crippen MR) is 132 cm³/mol. The smallest absolute Gasteiger partial charge is 0.0689 e. The lowest BCUT2D eigenvalue weighted by molar-refractivity contribution is -0.0960. The highest BCUT2D eigenvalue weighted by Crippen LogP contribution is 2.75. The molecule has 0 aromatic carbocycles. The van der Waals surface area contributed by atoms with E-state index in [4.69, 9.17) is 4.74 Å². The van der Waals surface area contributed by atoms with E-state index >= 15 is 0 Å². The van der Waals surface area contributed by atoms with Gasteiger partial charge in [0.2, 0.25) is 0 Å². The van der Waals surface area contributed by atoms with Crippen LogP contribution in [0.2, 0.25) is 0 Å². The highest BCUT2D eigenvalue weighted by Gasteiger charge is 2.70. The zero-order chi connectivity index (χ0) is 23.2. The third kappa shape index (κ3) is 2.90. The van der Waals surface area contributed by atoms with Gasteiger partial charge in [-0.1, -0.05) is 65.5 Å². The molecule has 32 heavy (non-hydrogen) atoms. The molecule has 2 heteroatoms. The Morgan fingerprint density at radius 2 is 1.66 bits per heavy atom. The summed E-state index contributed by atoms with van der Waals surface area (Å²) in [5.41, 5.74) is 4.79. The molecule has 5 rings (SSSR count). The number of aliphatic hydroxyl groups excluding tert-OH is 1. The number of ether oxygens (including phenoxy) is 1. The summed E-state index contributed by atoms with van der Waals surface area (Å²) < 4.78 is 6.82. The van der Waals surface area contributed by atoms with Crippen LogP contribution in [0.25, 0.3) is 0 Å². The number of fused-ring (bicyclic) bond motifs is 3. The molecule has 7 atom stereocenters. The Labute approximate surface area is 198 Å². The largest absolute Gasteiger partial charge is 0.393 e. The Balaban J connectivity index is 1.48. The zero-order valence-corrected chi connectivity index (χ0v) is 22.2. The van der Waals surface area contributed by atoms with Crippen molar-refractivity contribution in [2.24, 2.45) is 39.4 Å². The summed E-state index contributed by atoms with van der Waals surface area (Å²) in [6, 6.07) is 0. The molecule has 182 valence electrons. The van der Waals surface area contributed by atoms with E-state index in [0.29, 0.717) is 22.2 Å². The lowest BCUT2D eigenvalue weighted by Gasteiger charge is -2.61. The van der Waals surface area contributed by atoms with E-state index in [2.05, 4.69) is 48.5 Å². The van der Waals surface area contributed by atoms with Crippen molar-refractivity contribution in [3.8, 4) is 0 Å². The fourth-order valence-corrected chi connectivity index (χ4v) is 10.2. The molecule has 2 saturated carbocycles. The number of allylic oxidation sites excluding steroid dienone is 2. The van der Waals surface area contributed by atoms with Gasteiger partial charge in [-0.05, 0) is 98.7 Å². The van der Waals surface area contributed by atoms with E-state index in [-0.39, 0.29) is 17.1 Å². The van der Waals surface area contributed by atoms with Gasteiger partial charge in [0, 0.05) is 5.41 Å². The Hall–Kier alpha value is -0.340. The van der Waals surface area contributed by atoms with Gasteiger partial charge in [0.15, 0.2) is 0 Å². The zero-order valence-electron chi connectivity index (χ0n) is 22.2. The first-order valence-corrected chi connectivity index (χ1v) is 14.0. The fourth-order valence-electron chi connectivity index (χ4n) is 10.2. The van der Waals surface area contributed by atoms with Gasteiger partial charge in [-0.3, -0.25) is 0 Å². The SMILES string of the molecule is CC(C)CCC[C@]1(C)OC[C@]23CCC4=C(CC[C@H]5C(C)(C)[C@@H](O)CC[C@]45C)[C@]2(C)CC[C@@H]31. The third-order valence-electron chi connectivity index (χ3n) is 12.2. The van der Waals surface area contributed by atoms with Crippen LogP contribution in [0.5, 0.6) is 0 Å². The second-order valence-corrected chi connectivity index (χ2v) is 14.3. The van der Waals surface area contributed by atoms with E-state index in [1.807, 2.05) is 11.1 Å². The monoisotopic (exact) mass is 442 g/mol. The molecule has 0 radical (unpaired) electrons. The maximum Gasteiger partial charge on any atom is 0.0689 e. The van der Waals surface area contributed by atoms with Gasteiger partial charge >= 0.3 is 0 Å². The average molecular weight is 443 g/mol. The molecule has 0 unspecified atom stereocenters. The highest BCUT2D eigenvalue weighted by molar-refractivity contribution is 5.40. The fraction of sp³-hybridized carbons (Fsp3) is 0.933. The molecule has 0 aromatic heterocycles. The Bertz CT molecular complexity index is 795. The lowest BCUT2D eigenvalue weighted by Crippen LogP contribution is -2.55. The van der Waals surface area contributed by atoms with Crippen LogP contribution in [0.3, 0.4) is 0 Å². The maximum atomic E-state index is 10.8. The first-order valence-electron chi connectivity index (χ1n) is 14.0. The Morgan fingerprint density at radius 3 is 2.38 bits per heavy atom. The van der Waals surface area contributed by atoms with E-state index < -0.39 is 0 Å². The minimum Gasteiger partial charge on any atom is -0.393 e. The summed E-state index contributed by atoms with van der Waals surface area (Å²) >= 11 is 0. The van der Waals surface area contributed by atoms with Crippen LogP contribution >= 0.6 is 0 Å².